The first-order valence-corrected chi connectivity index (χ1v) is 6.80. The first kappa shape index (κ1) is 14.0. The van der Waals surface area contributed by atoms with Crippen LogP contribution < -0.4 is 10.9 Å². The van der Waals surface area contributed by atoms with E-state index in [1.54, 1.807) is 0 Å². The Kier molecular flexibility index (Phi) is 3.58. The zero-order valence-electron chi connectivity index (χ0n) is 9.14. The van der Waals surface area contributed by atoms with E-state index in [4.69, 9.17) is 10.9 Å². The minimum Gasteiger partial charge on any atom is -0.385 e. The lowest BCUT2D eigenvalue weighted by Crippen LogP contribution is -2.17. The second-order valence-corrected chi connectivity index (χ2v) is 6.84. The van der Waals surface area contributed by atoms with Crippen molar-refractivity contribution in [2.45, 2.75) is 23.7 Å². The van der Waals surface area contributed by atoms with Crippen LogP contribution >= 0.6 is 11.3 Å². The van der Waals surface area contributed by atoms with Gasteiger partial charge in [0, 0.05) is 4.88 Å². The number of carbonyl (C=O) groups is 1. The van der Waals surface area contributed by atoms with Gasteiger partial charge in [0.1, 0.15) is 0 Å². The van der Waals surface area contributed by atoms with Crippen molar-refractivity contribution in [3.05, 3.63) is 16.8 Å². The summed E-state index contributed by atoms with van der Waals surface area (Å²) in [4.78, 5) is 10.8. The molecule has 1 atom stereocenters. The van der Waals surface area contributed by atoms with Gasteiger partial charge in [-0.15, -0.1) is 15.7 Å². The molecule has 1 aromatic heterocycles. The van der Waals surface area contributed by atoms with E-state index in [2.05, 4.69) is 4.36 Å². The molecule has 1 aromatic rings. The molecule has 0 spiro atoms. The fraction of sp³-hybridized carbons (Fsp3) is 0.375. The number of hydrogen-bond donors (Lipinski definition) is 3. The van der Waals surface area contributed by atoms with Crippen molar-refractivity contribution in [2.75, 3.05) is 0 Å². The quantitative estimate of drug-likeness (QED) is 0.746. The highest BCUT2D eigenvalue weighted by atomic mass is 32.2. The normalized spacial score (nSPS) is 15.4. The summed E-state index contributed by atoms with van der Waals surface area (Å²) in [5.74, 6) is -0.885. The van der Waals surface area contributed by atoms with E-state index in [0.717, 1.165) is 6.07 Å². The Morgan fingerprint density at radius 3 is 2.53 bits per heavy atom. The van der Waals surface area contributed by atoms with E-state index >= 15 is 0 Å². The number of primary amides is 1. The summed E-state index contributed by atoms with van der Waals surface area (Å²) in [6, 6.07) is -0.238. The van der Waals surface area contributed by atoms with Gasteiger partial charge < -0.3 is 10.8 Å². The molecule has 2 amide bonds. The molecule has 0 radical (unpaired) electrons. The lowest BCUT2D eigenvalue weighted by molar-refractivity contribution is 0.0823. The Labute approximate surface area is 102 Å². The summed E-state index contributed by atoms with van der Waals surface area (Å²) in [7, 11) is -3.70. The molecule has 0 bridgehead atoms. The van der Waals surface area contributed by atoms with Crippen molar-refractivity contribution in [1.29, 1.82) is 0 Å². The Hall–Kier alpha value is -1.03. The van der Waals surface area contributed by atoms with Gasteiger partial charge in [-0.25, -0.2) is 18.5 Å². The third-order valence-electron chi connectivity index (χ3n) is 1.75. The molecule has 6 nitrogen and oxygen atoms in total. The van der Waals surface area contributed by atoms with Gasteiger partial charge in [0.2, 0.25) is 0 Å². The van der Waals surface area contributed by atoms with Crippen LogP contribution in [0.3, 0.4) is 0 Å². The molecule has 9 heteroatoms. The molecule has 0 saturated carbocycles. The SMILES string of the molecule is CC(C)(O)c1cc(F)c(S(N)(=O)=NC(N)=O)s1. The first-order valence-electron chi connectivity index (χ1n) is 4.40. The van der Waals surface area contributed by atoms with Gasteiger partial charge in [-0.1, -0.05) is 0 Å². The summed E-state index contributed by atoms with van der Waals surface area (Å²) in [6.45, 7) is 2.87. The fourth-order valence-corrected chi connectivity index (χ4v) is 3.34. The molecule has 1 heterocycles. The number of urea groups is 1. The van der Waals surface area contributed by atoms with Crippen LogP contribution in [-0.4, -0.2) is 15.3 Å². The van der Waals surface area contributed by atoms with E-state index in [1.807, 2.05) is 0 Å². The van der Waals surface area contributed by atoms with Crippen LogP contribution in [-0.2, 0) is 15.5 Å². The smallest absolute Gasteiger partial charge is 0.347 e. The van der Waals surface area contributed by atoms with Crippen molar-refractivity contribution in [1.82, 2.24) is 0 Å². The summed E-state index contributed by atoms with van der Waals surface area (Å²) in [5.41, 5.74) is 3.43. The molecule has 0 aromatic carbocycles. The zero-order valence-corrected chi connectivity index (χ0v) is 10.8. The number of amides is 2. The average molecular weight is 281 g/mol. The zero-order chi connectivity index (χ0) is 13.4. The minimum absolute atomic E-state index is 0.225. The van der Waals surface area contributed by atoms with Crippen LogP contribution in [0.1, 0.15) is 18.7 Å². The molecule has 1 rings (SSSR count). The highest BCUT2D eigenvalue weighted by Gasteiger charge is 2.25. The van der Waals surface area contributed by atoms with Gasteiger partial charge in [-0.3, -0.25) is 0 Å². The van der Waals surface area contributed by atoms with E-state index < -0.39 is 31.6 Å². The van der Waals surface area contributed by atoms with Crippen molar-refractivity contribution in [3.63, 3.8) is 0 Å². The standard InChI is InChI=1S/C8H12FN3O3S2/c1-8(2,14)5-3-4(9)6(16-5)17(11,15)12-7(10)13/h3,14H,1-2H3,(H4,10,11,12,13,15). The molecule has 0 aliphatic rings. The van der Waals surface area contributed by atoms with E-state index in [1.165, 1.54) is 13.8 Å². The Bertz CT molecular complexity index is 567. The fourth-order valence-electron chi connectivity index (χ4n) is 1.03. The summed E-state index contributed by atoms with van der Waals surface area (Å²) in [6.07, 6.45) is 0. The number of nitrogens with two attached hydrogens (primary N) is 2. The average Bonchev–Trinajstić information content (AvgIpc) is 2.44. The molecule has 96 valence electrons. The highest BCUT2D eigenvalue weighted by molar-refractivity contribution is 7.93. The van der Waals surface area contributed by atoms with Gasteiger partial charge in [0.15, 0.2) is 19.9 Å². The largest absolute Gasteiger partial charge is 0.385 e. The maximum Gasteiger partial charge on any atom is 0.347 e. The van der Waals surface area contributed by atoms with Gasteiger partial charge in [0.25, 0.3) is 0 Å². The van der Waals surface area contributed by atoms with Crippen molar-refractivity contribution < 1.29 is 18.5 Å². The first-order chi connectivity index (χ1) is 7.54. The number of nitrogens with zero attached hydrogens (tertiary/aromatic N) is 1. The second kappa shape index (κ2) is 4.33. The topological polar surface area (TPSA) is 119 Å². The number of thiophene rings is 1. The Balaban J connectivity index is 3.40. The molecule has 0 saturated heterocycles. The maximum atomic E-state index is 13.5. The molecule has 5 N–H and O–H groups in total. The lowest BCUT2D eigenvalue weighted by atomic mass is 10.1. The summed E-state index contributed by atoms with van der Waals surface area (Å²) >= 11 is 0.688. The molecule has 1 unspecified atom stereocenters. The van der Waals surface area contributed by atoms with Crippen LogP contribution in [0, 0.1) is 5.82 Å². The number of carbonyl (C=O) groups excluding carboxylic acids is 1. The van der Waals surface area contributed by atoms with Crippen molar-refractivity contribution in [2.24, 2.45) is 15.2 Å². The molecule has 0 aliphatic carbocycles. The van der Waals surface area contributed by atoms with Crippen molar-refractivity contribution in [3.8, 4) is 0 Å². The Morgan fingerprint density at radius 1 is 1.65 bits per heavy atom. The highest BCUT2D eigenvalue weighted by Crippen LogP contribution is 2.32. The van der Waals surface area contributed by atoms with Gasteiger partial charge >= 0.3 is 6.03 Å². The Morgan fingerprint density at radius 2 is 2.18 bits per heavy atom. The number of aliphatic hydroxyl groups is 1. The maximum absolute atomic E-state index is 13.5. The minimum atomic E-state index is -3.70. The monoisotopic (exact) mass is 281 g/mol. The third kappa shape index (κ3) is 3.22. The van der Waals surface area contributed by atoms with Crippen LogP contribution in [0.25, 0.3) is 0 Å². The number of hydrogen-bond acceptors (Lipinski definition) is 4. The predicted molar refractivity (Wildman–Crippen MR) is 62.1 cm³/mol. The van der Waals surface area contributed by atoms with Crippen LogP contribution in [0.15, 0.2) is 14.6 Å². The number of rotatable bonds is 2. The van der Waals surface area contributed by atoms with Gasteiger partial charge in [-0.2, -0.15) is 0 Å². The van der Waals surface area contributed by atoms with Crippen molar-refractivity contribution >= 4 is 27.3 Å². The molecule has 0 fully saturated rings. The van der Waals surface area contributed by atoms with Gasteiger partial charge in [-0.05, 0) is 19.9 Å². The van der Waals surface area contributed by atoms with E-state index in [0.29, 0.717) is 11.3 Å². The number of halogens is 1. The van der Waals surface area contributed by atoms with Crippen LogP contribution in [0.2, 0.25) is 0 Å². The summed E-state index contributed by atoms with van der Waals surface area (Å²) in [5, 5.41) is 14.9. The van der Waals surface area contributed by atoms with Crippen LogP contribution in [0.5, 0.6) is 0 Å². The molecule has 0 aliphatic heterocycles. The second-order valence-electron chi connectivity index (χ2n) is 3.80. The summed E-state index contributed by atoms with van der Waals surface area (Å²) < 4.78 is 27.8. The lowest BCUT2D eigenvalue weighted by Gasteiger charge is -2.13. The third-order valence-corrected chi connectivity index (χ3v) is 5.11. The van der Waals surface area contributed by atoms with E-state index in [-0.39, 0.29) is 4.88 Å². The predicted octanol–water partition coefficient (Wildman–Crippen LogP) is 0.894. The molecular formula is C8H12FN3O3S2. The van der Waals surface area contributed by atoms with Crippen LogP contribution in [0.4, 0.5) is 9.18 Å². The van der Waals surface area contributed by atoms with E-state index in [9.17, 15) is 18.5 Å². The molecule has 17 heavy (non-hydrogen) atoms. The van der Waals surface area contributed by atoms with Gasteiger partial charge in [0.05, 0.1) is 5.60 Å². The molecular weight excluding hydrogens is 269 g/mol.